The number of unbranched alkanes of at least 4 members (excludes halogenated alkanes) is 2. The van der Waals surface area contributed by atoms with E-state index in [-0.39, 0.29) is 17.1 Å². The number of ether oxygens (including phenoxy) is 2. The molecule has 0 aliphatic rings. The molecule has 2 aromatic carbocycles. The summed E-state index contributed by atoms with van der Waals surface area (Å²) in [5.41, 5.74) is 1.13. The molecule has 0 unspecified atom stereocenters. The van der Waals surface area contributed by atoms with Crippen LogP contribution in [0.25, 0.3) is 6.08 Å². The van der Waals surface area contributed by atoms with E-state index < -0.39 is 0 Å². The molecule has 0 aliphatic heterocycles. The summed E-state index contributed by atoms with van der Waals surface area (Å²) in [4.78, 5) is 12.3. The molecule has 4 heteroatoms. The zero-order chi connectivity index (χ0) is 19.5. The van der Waals surface area contributed by atoms with Crippen LogP contribution in [0.1, 0.15) is 55.5 Å². The number of aromatic hydroxyl groups is 1. The third-order valence-corrected chi connectivity index (χ3v) is 4.08. The molecule has 0 spiro atoms. The van der Waals surface area contributed by atoms with Gasteiger partial charge in [-0.1, -0.05) is 51.0 Å². The van der Waals surface area contributed by atoms with Crippen molar-refractivity contribution < 1.29 is 19.4 Å². The number of carbonyl (C=O) groups excluding carboxylic acids is 1. The van der Waals surface area contributed by atoms with Gasteiger partial charge in [0, 0.05) is 0 Å². The Morgan fingerprint density at radius 2 is 1.63 bits per heavy atom. The highest BCUT2D eigenvalue weighted by Crippen LogP contribution is 2.29. The first-order valence-electron chi connectivity index (χ1n) is 9.55. The molecule has 0 saturated heterocycles. The van der Waals surface area contributed by atoms with Gasteiger partial charge in [-0.15, -0.1) is 0 Å². The lowest BCUT2D eigenvalue weighted by molar-refractivity contribution is 0.104. The Kier molecular flexibility index (Phi) is 8.43. The van der Waals surface area contributed by atoms with Crippen LogP contribution in [-0.4, -0.2) is 24.1 Å². The molecule has 144 valence electrons. The van der Waals surface area contributed by atoms with Gasteiger partial charge in [-0.25, -0.2) is 0 Å². The SMILES string of the molecule is CCCCOc1ccc(/C=C/C(=O)c2ccccc2O)cc1OCCCC. The van der Waals surface area contributed by atoms with Crippen molar-refractivity contribution in [1.29, 1.82) is 0 Å². The van der Waals surface area contributed by atoms with Gasteiger partial charge in [-0.2, -0.15) is 0 Å². The lowest BCUT2D eigenvalue weighted by Crippen LogP contribution is -2.02. The maximum atomic E-state index is 12.3. The van der Waals surface area contributed by atoms with E-state index in [2.05, 4.69) is 13.8 Å². The van der Waals surface area contributed by atoms with Gasteiger partial charge in [-0.05, 0) is 48.7 Å². The Morgan fingerprint density at radius 3 is 2.30 bits per heavy atom. The standard InChI is InChI=1S/C23H28O4/c1-3-5-15-26-22-14-12-18(17-23(22)27-16-6-4-2)11-13-21(25)19-9-7-8-10-20(19)24/h7-14,17,24H,3-6,15-16H2,1-2H3/b13-11+. The minimum absolute atomic E-state index is 0.0181. The Bertz CT molecular complexity index is 765. The molecule has 0 bridgehead atoms. The Morgan fingerprint density at radius 1 is 0.963 bits per heavy atom. The predicted molar refractivity (Wildman–Crippen MR) is 109 cm³/mol. The minimum Gasteiger partial charge on any atom is -0.507 e. The van der Waals surface area contributed by atoms with Crippen LogP contribution >= 0.6 is 0 Å². The van der Waals surface area contributed by atoms with Crippen molar-refractivity contribution in [2.75, 3.05) is 13.2 Å². The third-order valence-electron chi connectivity index (χ3n) is 4.08. The van der Waals surface area contributed by atoms with Gasteiger partial charge in [0.2, 0.25) is 0 Å². The number of ketones is 1. The summed E-state index contributed by atoms with van der Waals surface area (Å²) in [6, 6.07) is 12.2. The summed E-state index contributed by atoms with van der Waals surface area (Å²) in [5, 5.41) is 9.79. The first-order valence-corrected chi connectivity index (χ1v) is 9.55. The number of phenolic OH excluding ortho intramolecular Hbond substituents is 1. The van der Waals surface area contributed by atoms with Crippen molar-refractivity contribution >= 4 is 11.9 Å². The van der Waals surface area contributed by atoms with Crippen molar-refractivity contribution in [2.45, 2.75) is 39.5 Å². The van der Waals surface area contributed by atoms with Crippen LogP contribution in [0.15, 0.2) is 48.5 Å². The van der Waals surface area contributed by atoms with Crippen LogP contribution in [0.3, 0.4) is 0 Å². The van der Waals surface area contributed by atoms with Gasteiger partial charge in [-0.3, -0.25) is 4.79 Å². The van der Waals surface area contributed by atoms with Gasteiger partial charge >= 0.3 is 0 Å². The number of hydrogen-bond donors (Lipinski definition) is 1. The molecule has 4 nitrogen and oxygen atoms in total. The van der Waals surface area contributed by atoms with Crippen LogP contribution in [-0.2, 0) is 0 Å². The van der Waals surface area contributed by atoms with Crippen LogP contribution in [0.5, 0.6) is 17.2 Å². The van der Waals surface area contributed by atoms with E-state index in [1.807, 2.05) is 18.2 Å². The van der Waals surface area contributed by atoms with Crippen LogP contribution in [0.2, 0.25) is 0 Å². The first-order chi connectivity index (χ1) is 13.2. The molecular formula is C23H28O4. The molecule has 0 atom stereocenters. The highest BCUT2D eigenvalue weighted by Gasteiger charge is 2.08. The van der Waals surface area contributed by atoms with E-state index in [0.29, 0.717) is 19.0 Å². The summed E-state index contributed by atoms with van der Waals surface area (Å²) in [5.74, 6) is 1.15. The minimum atomic E-state index is -0.246. The first kappa shape index (κ1) is 20.6. The number of para-hydroxylation sites is 1. The number of phenols is 1. The van der Waals surface area contributed by atoms with Gasteiger partial charge in [0.1, 0.15) is 5.75 Å². The highest BCUT2D eigenvalue weighted by atomic mass is 16.5. The number of allylic oxidation sites excluding steroid dienone is 1. The molecule has 0 fully saturated rings. The van der Waals surface area contributed by atoms with Gasteiger partial charge < -0.3 is 14.6 Å². The van der Waals surface area contributed by atoms with Crippen molar-refractivity contribution in [3.05, 3.63) is 59.7 Å². The fraction of sp³-hybridized carbons (Fsp3) is 0.348. The summed E-state index contributed by atoms with van der Waals surface area (Å²) in [6.45, 7) is 5.52. The summed E-state index contributed by atoms with van der Waals surface area (Å²) in [7, 11) is 0. The Hall–Kier alpha value is -2.75. The van der Waals surface area contributed by atoms with Crippen LogP contribution < -0.4 is 9.47 Å². The highest BCUT2D eigenvalue weighted by molar-refractivity contribution is 6.08. The molecule has 2 aromatic rings. The molecular weight excluding hydrogens is 340 g/mol. The van der Waals surface area contributed by atoms with E-state index >= 15 is 0 Å². The second-order valence-corrected chi connectivity index (χ2v) is 6.32. The molecule has 0 amide bonds. The van der Waals surface area contributed by atoms with Gasteiger partial charge in [0.15, 0.2) is 17.3 Å². The number of hydrogen-bond acceptors (Lipinski definition) is 4. The summed E-state index contributed by atoms with van der Waals surface area (Å²) < 4.78 is 11.7. The van der Waals surface area contributed by atoms with E-state index in [4.69, 9.17) is 9.47 Å². The largest absolute Gasteiger partial charge is 0.507 e. The smallest absolute Gasteiger partial charge is 0.189 e. The molecule has 0 heterocycles. The normalized spacial score (nSPS) is 10.9. The lowest BCUT2D eigenvalue weighted by Gasteiger charge is -2.13. The number of benzene rings is 2. The van der Waals surface area contributed by atoms with E-state index in [0.717, 1.165) is 37.0 Å². The lowest BCUT2D eigenvalue weighted by atomic mass is 10.1. The maximum Gasteiger partial charge on any atom is 0.189 e. The zero-order valence-electron chi connectivity index (χ0n) is 16.1. The molecule has 0 radical (unpaired) electrons. The van der Waals surface area contributed by atoms with E-state index in [1.165, 1.54) is 12.1 Å². The topological polar surface area (TPSA) is 55.8 Å². The number of rotatable bonds is 11. The van der Waals surface area contributed by atoms with Gasteiger partial charge in [0.05, 0.1) is 18.8 Å². The predicted octanol–water partition coefficient (Wildman–Crippen LogP) is 5.65. The van der Waals surface area contributed by atoms with Crippen molar-refractivity contribution in [3.63, 3.8) is 0 Å². The van der Waals surface area contributed by atoms with Crippen molar-refractivity contribution in [3.8, 4) is 17.2 Å². The average Bonchev–Trinajstić information content (AvgIpc) is 2.68. The molecule has 0 aromatic heterocycles. The van der Waals surface area contributed by atoms with Crippen molar-refractivity contribution in [2.24, 2.45) is 0 Å². The van der Waals surface area contributed by atoms with E-state index in [1.54, 1.807) is 24.3 Å². The molecule has 2 rings (SSSR count). The maximum absolute atomic E-state index is 12.3. The second-order valence-electron chi connectivity index (χ2n) is 6.32. The summed E-state index contributed by atoms with van der Waals surface area (Å²) in [6.07, 6.45) is 7.27. The fourth-order valence-corrected chi connectivity index (χ4v) is 2.46. The third kappa shape index (κ3) is 6.48. The van der Waals surface area contributed by atoms with E-state index in [9.17, 15) is 9.90 Å². The molecule has 0 saturated carbocycles. The van der Waals surface area contributed by atoms with Crippen LogP contribution in [0, 0.1) is 0 Å². The fourth-order valence-electron chi connectivity index (χ4n) is 2.46. The molecule has 1 N–H and O–H groups in total. The Balaban J connectivity index is 2.14. The summed E-state index contributed by atoms with van der Waals surface area (Å²) >= 11 is 0. The average molecular weight is 368 g/mol. The molecule has 0 aliphatic carbocycles. The second kappa shape index (κ2) is 11.1. The van der Waals surface area contributed by atoms with Crippen molar-refractivity contribution in [1.82, 2.24) is 0 Å². The number of carbonyl (C=O) groups is 1. The quantitative estimate of drug-likeness (QED) is 0.316. The monoisotopic (exact) mass is 368 g/mol. The zero-order valence-corrected chi connectivity index (χ0v) is 16.1. The Labute approximate surface area is 161 Å². The molecule has 27 heavy (non-hydrogen) atoms. The van der Waals surface area contributed by atoms with Gasteiger partial charge in [0.25, 0.3) is 0 Å². The van der Waals surface area contributed by atoms with Crippen LogP contribution in [0.4, 0.5) is 0 Å².